The van der Waals surface area contributed by atoms with E-state index in [-0.39, 0.29) is 5.71 Å². The first-order valence-electron chi connectivity index (χ1n) is 8.53. The molecule has 2 aromatic rings. The van der Waals surface area contributed by atoms with Gasteiger partial charge in [-0.1, -0.05) is 29.4 Å². The molecule has 1 aromatic carbocycles. The summed E-state index contributed by atoms with van der Waals surface area (Å²) in [6, 6.07) is 7.12. The van der Waals surface area contributed by atoms with Gasteiger partial charge in [-0.05, 0) is 36.0 Å². The van der Waals surface area contributed by atoms with Crippen molar-refractivity contribution >= 4 is 5.71 Å². The Morgan fingerprint density at radius 2 is 1.96 bits per heavy atom. The molecule has 0 aliphatic carbocycles. The minimum Gasteiger partial charge on any atom is -0.350 e. The van der Waals surface area contributed by atoms with Crippen molar-refractivity contribution < 1.29 is 23.1 Å². The van der Waals surface area contributed by atoms with Crippen molar-refractivity contribution in [3.63, 3.8) is 0 Å². The molecule has 1 unspecified atom stereocenters. The third-order valence-electron chi connectivity index (χ3n) is 4.91. The molecular weight excluding hydrogens is 347 g/mol. The fraction of sp³-hybridized carbons (Fsp3) is 0.444. The van der Waals surface area contributed by atoms with E-state index >= 15 is 0 Å². The van der Waals surface area contributed by atoms with Gasteiger partial charge in [-0.2, -0.15) is 18.3 Å². The number of nitrogens with zero attached hydrogens (tertiary/aromatic N) is 3. The summed E-state index contributed by atoms with van der Waals surface area (Å²) in [7, 11) is 0. The summed E-state index contributed by atoms with van der Waals surface area (Å²) in [6.45, 7) is 0.955. The second-order valence-electron chi connectivity index (χ2n) is 6.76. The van der Waals surface area contributed by atoms with Gasteiger partial charge in [0.25, 0.3) is 0 Å². The fourth-order valence-electron chi connectivity index (χ4n) is 3.40. The summed E-state index contributed by atoms with van der Waals surface area (Å²) in [4.78, 5) is 4.26. The van der Waals surface area contributed by atoms with E-state index in [1.807, 2.05) is 18.3 Å². The van der Waals surface area contributed by atoms with Crippen molar-refractivity contribution in [1.82, 2.24) is 9.78 Å². The molecule has 4 rings (SSSR count). The first kappa shape index (κ1) is 17.1. The number of benzene rings is 1. The molecule has 1 N–H and O–H groups in total. The molecular formula is C18H18F3N3O2. The lowest BCUT2D eigenvalue weighted by molar-refractivity contribution is -0.355. The fourth-order valence-corrected chi connectivity index (χ4v) is 3.40. The maximum Gasteiger partial charge on any atom is 0.458 e. The zero-order chi connectivity index (χ0) is 18.4. The highest BCUT2D eigenvalue weighted by Gasteiger charge is 2.60. The van der Waals surface area contributed by atoms with Gasteiger partial charge in [0.1, 0.15) is 0 Å². The molecule has 0 saturated heterocycles. The van der Waals surface area contributed by atoms with Gasteiger partial charge in [0.05, 0.1) is 18.3 Å². The number of oxime groups is 1. The van der Waals surface area contributed by atoms with Crippen LogP contribution >= 0.6 is 0 Å². The predicted octanol–water partition coefficient (Wildman–Crippen LogP) is 3.19. The van der Waals surface area contributed by atoms with Gasteiger partial charge in [0.2, 0.25) is 0 Å². The van der Waals surface area contributed by atoms with Gasteiger partial charge in [0.15, 0.2) is 0 Å². The predicted molar refractivity (Wildman–Crippen MR) is 87.7 cm³/mol. The van der Waals surface area contributed by atoms with Crippen molar-refractivity contribution in [2.45, 2.75) is 50.6 Å². The molecule has 0 fully saturated rings. The molecule has 0 radical (unpaired) electrons. The highest BCUT2D eigenvalue weighted by Crippen LogP contribution is 2.39. The van der Waals surface area contributed by atoms with Gasteiger partial charge in [-0.15, -0.1) is 0 Å². The maximum absolute atomic E-state index is 12.8. The Hall–Kier alpha value is -2.35. The van der Waals surface area contributed by atoms with Crippen molar-refractivity contribution in [2.75, 3.05) is 0 Å². The van der Waals surface area contributed by atoms with E-state index in [1.165, 1.54) is 17.7 Å². The summed E-state index contributed by atoms with van der Waals surface area (Å²) in [6.07, 6.45) is 0.360. The van der Waals surface area contributed by atoms with E-state index < -0.39 is 18.4 Å². The van der Waals surface area contributed by atoms with Crippen molar-refractivity contribution in [2.24, 2.45) is 5.16 Å². The van der Waals surface area contributed by atoms with E-state index in [2.05, 4.69) is 19.8 Å². The molecule has 0 spiro atoms. The number of aromatic nitrogens is 2. The van der Waals surface area contributed by atoms with Crippen molar-refractivity contribution in [1.29, 1.82) is 0 Å². The van der Waals surface area contributed by atoms with Crippen LogP contribution in [0.3, 0.4) is 0 Å². The third-order valence-corrected chi connectivity index (χ3v) is 4.91. The number of hydrogen-bond acceptors (Lipinski definition) is 4. The molecule has 2 aliphatic rings. The number of rotatable bonds is 3. The van der Waals surface area contributed by atoms with Crippen LogP contribution in [-0.4, -0.2) is 32.6 Å². The molecule has 2 aliphatic heterocycles. The Bertz CT molecular complexity index is 842. The van der Waals surface area contributed by atoms with E-state index in [0.717, 1.165) is 31.4 Å². The smallest absolute Gasteiger partial charge is 0.350 e. The van der Waals surface area contributed by atoms with E-state index in [9.17, 15) is 18.3 Å². The summed E-state index contributed by atoms with van der Waals surface area (Å²) in [5, 5.41) is 17.4. The van der Waals surface area contributed by atoms with Crippen LogP contribution in [-0.2, 0) is 24.2 Å². The summed E-state index contributed by atoms with van der Waals surface area (Å²) in [5.74, 6) is -3.24. The van der Waals surface area contributed by atoms with Gasteiger partial charge in [-0.3, -0.25) is 4.68 Å². The molecule has 0 amide bonds. The number of hydrogen-bond donors (Lipinski definition) is 1. The Kier molecular flexibility index (Phi) is 4.02. The van der Waals surface area contributed by atoms with Crippen LogP contribution in [0.5, 0.6) is 0 Å². The van der Waals surface area contributed by atoms with Gasteiger partial charge >= 0.3 is 12.0 Å². The standard InChI is InChI=1S/C18H18F3N3O2/c19-18(20,21)17(25)10-15(23-26-17)13-6-4-12(5-7-13)9-14-11-22-24-8-2-1-3-16(14)24/h4-7,11,25H,1-3,8-10H2. The highest BCUT2D eigenvalue weighted by molar-refractivity contribution is 6.01. The van der Waals surface area contributed by atoms with Crippen molar-refractivity contribution in [3.05, 3.63) is 52.8 Å². The van der Waals surface area contributed by atoms with Crippen LogP contribution in [0.4, 0.5) is 13.2 Å². The van der Waals surface area contributed by atoms with Crippen LogP contribution in [0.1, 0.15) is 41.6 Å². The van der Waals surface area contributed by atoms with Gasteiger partial charge < -0.3 is 9.94 Å². The molecule has 3 heterocycles. The van der Waals surface area contributed by atoms with Crippen molar-refractivity contribution in [3.8, 4) is 0 Å². The van der Waals surface area contributed by atoms with Crippen LogP contribution in [0, 0.1) is 0 Å². The zero-order valence-corrected chi connectivity index (χ0v) is 14.0. The number of alkyl halides is 3. The van der Waals surface area contributed by atoms with E-state index in [4.69, 9.17) is 0 Å². The van der Waals surface area contributed by atoms with Crippen LogP contribution in [0.2, 0.25) is 0 Å². The number of halogens is 3. The lowest BCUT2D eigenvalue weighted by atomic mass is 9.98. The lowest BCUT2D eigenvalue weighted by Gasteiger charge is -2.22. The first-order valence-corrected chi connectivity index (χ1v) is 8.53. The van der Waals surface area contributed by atoms with Crippen LogP contribution in [0.25, 0.3) is 0 Å². The molecule has 8 heteroatoms. The summed E-state index contributed by atoms with van der Waals surface area (Å²) < 4.78 is 40.4. The molecule has 1 atom stereocenters. The van der Waals surface area contributed by atoms with E-state index in [1.54, 1.807) is 12.1 Å². The molecule has 0 bridgehead atoms. The van der Waals surface area contributed by atoms with E-state index in [0.29, 0.717) is 5.56 Å². The topological polar surface area (TPSA) is 59.6 Å². The zero-order valence-electron chi connectivity index (χ0n) is 14.0. The Morgan fingerprint density at radius 1 is 1.19 bits per heavy atom. The third kappa shape index (κ3) is 2.98. The highest BCUT2D eigenvalue weighted by atomic mass is 19.4. The second kappa shape index (κ2) is 6.12. The average molecular weight is 365 g/mol. The van der Waals surface area contributed by atoms with Gasteiger partial charge in [0, 0.05) is 18.7 Å². The number of aryl methyl sites for hydroxylation is 1. The monoisotopic (exact) mass is 365 g/mol. The Morgan fingerprint density at radius 3 is 2.65 bits per heavy atom. The minimum absolute atomic E-state index is 0.0827. The molecule has 1 aromatic heterocycles. The average Bonchev–Trinajstić information content (AvgIpc) is 3.21. The largest absolute Gasteiger partial charge is 0.458 e. The second-order valence-corrected chi connectivity index (χ2v) is 6.76. The normalized spacial score (nSPS) is 22.7. The molecule has 0 saturated carbocycles. The quantitative estimate of drug-likeness (QED) is 0.909. The molecule has 26 heavy (non-hydrogen) atoms. The Balaban J connectivity index is 1.47. The summed E-state index contributed by atoms with van der Waals surface area (Å²) in [5.41, 5.74) is 4.08. The Labute approximate surface area is 148 Å². The first-order chi connectivity index (χ1) is 12.4. The molecule has 5 nitrogen and oxygen atoms in total. The van der Waals surface area contributed by atoms with Crippen LogP contribution < -0.4 is 0 Å². The molecule has 138 valence electrons. The van der Waals surface area contributed by atoms with Crippen LogP contribution in [0.15, 0.2) is 35.6 Å². The summed E-state index contributed by atoms with van der Waals surface area (Å²) >= 11 is 0. The number of fused-ring (bicyclic) bond motifs is 1. The van der Waals surface area contributed by atoms with Gasteiger partial charge in [-0.25, -0.2) is 0 Å². The SMILES string of the molecule is OC1(C(F)(F)F)CC(c2ccc(Cc3cnn4c3CCCC4)cc2)=NO1. The number of aliphatic hydroxyl groups is 1. The maximum atomic E-state index is 12.8. The minimum atomic E-state index is -4.89. The lowest BCUT2D eigenvalue weighted by Crippen LogP contribution is -2.45.